The number of hydrogen-bond acceptors (Lipinski definition) is 7. The minimum atomic E-state index is -3.75. The predicted octanol–water partition coefficient (Wildman–Crippen LogP) is 4.33. The van der Waals surface area contributed by atoms with E-state index in [0.717, 1.165) is 30.0 Å². The summed E-state index contributed by atoms with van der Waals surface area (Å²) in [5, 5.41) is 4.35. The lowest BCUT2D eigenvalue weighted by molar-refractivity contribution is 0.241. The second-order valence-electron chi connectivity index (χ2n) is 8.68. The zero-order valence-electron chi connectivity index (χ0n) is 20.0. The lowest BCUT2D eigenvalue weighted by Crippen LogP contribution is -2.39. The molecule has 0 amide bonds. The summed E-state index contributed by atoms with van der Waals surface area (Å²) in [6.45, 7) is 4.47. The fraction of sp³-hybridized carbons (Fsp3) is 0.400. The number of sulfonamides is 1. The Kier molecular flexibility index (Phi) is 7.28. The first-order chi connectivity index (χ1) is 16.2. The Morgan fingerprint density at radius 3 is 2.59 bits per heavy atom. The van der Waals surface area contributed by atoms with Crippen molar-refractivity contribution in [3.63, 3.8) is 0 Å². The summed E-state index contributed by atoms with van der Waals surface area (Å²) in [5.41, 5.74) is 9.95. The van der Waals surface area contributed by atoms with Crippen LogP contribution in [0.25, 0.3) is 0 Å². The molecular formula is C25H32N4O3S2. The topological polar surface area (TPSA) is 97.5 Å². The van der Waals surface area contributed by atoms with Crippen LogP contribution in [0.1, 0.15) is 46.8 Å². The number of nitrogens with one attached hydrogen (secondary N) is 1. The van der Waals surface area contributed by atoms with Crippen LogP contribution in [0.2, 0.25) is 0 Å². The quantitative estimate of drug-likeness (QED) is 0.501. The Morgan fingerprint density at radius 1 is 1.21 bits per heavy atom. The van der Waals surface area contributed by atoms with Crippen LogP contribution in [0.4, 0.5) is 5.69 Å². The van der Waals surface area contributed by atoms with E-state index in [2.05, 4.69) is 22.4 Å². The molecule has 0 spiro atoms. The normalized spacial score (nSPS) is 19.6. The highest BCUT2D eigenvalue weighted by Crippen LogP contribution is 2.41. The highest BCUT2D eigenvalue weighted by atomic mass is 32.2. The van der Waals surface area contributed by atoms with Gasteiger partial charge in [-0.3, -0.25) is 4.31 Å². The van der Waals surface area contributed by atoms with Crippen LogP contribution in [0.15, 0.2) is 52.7 Å². The summed E-state index contributed by atoms with van der Waals surface area (Å²) in [5.74, 6) is 0.790. The predicted molar refractivity (Wildman–Crippen MR) is 137 cm³/mol. The molecule has 7 nitrogen and oxygen atoms in total. The average Bonchev–Trinajstić information content (AvgIpc) is 3.21. The molecule has 0 saturated carbocycles. The maximum absolute atomic E-state index is 13.4. The van der Waals surface area contributed by atoms with Gasteiger partial charge in [-0.05, 0) is 62.9 Å². The van der Waals surface area contributed by atoms with Crippen molar-refractivity contribution in [2.75, 3.05) is 25.0 Å². The van der Waals surface area contributed by atoms with Crippen LogP contribution in [-0.4, -0.2) is 34.1 Å². The molecule has 1 aliphatic heterocycles. The van der Waals surface area contributed by atoms with Crippen molar-refractivity contribution in [1.82, 2.24) is 10.3 Å². The highest BCUT2D eigenvalue weighted by Gasteiger charge is 2.34. The van der Waals surface area contributed by atoms with Crippen molar-refractivity contribution in [2.45, 2.75) is 43.0 Å². The van der Waals surface area contributed by atoms with Crippen LogP contribution in [0.3, 0.4) is 0 Å². The summed E-state index contributed by atoms with van der Waals surface area (Å²) in [6.07, 6.45) is 2.00. The number of aromatic nitrogens is 1. The molecule has 3 aromatic rings. The maximum Gasteiger partial charge on any atom is 0.275 e. The Labute approximate surface area is 206 Å². The van der Waals surface area contributed by atoms with E-state index in [4.69, 9.17) is 10.5 Å². The molecule has 1 saturated heterocycles. The maximum atomic E-state index is 13.4. The monoisotopic (exact) mass is 500 g/mol. The number of aryl methyl sites for hydroxylation is 2. The molecule has 2 heterocycles. The average molecular weight is 501 g/mol. The van der Waals surface area contributed by atoms with E-state index in [1.807, 2.05) is 31.2 Å². The SMILES string of the molecule is COc1ccc(N(C)S(=O)(=O)c2sc(C)nc2C)cc1C(N)[C@@H]1CCCN[C@@H]1c1ccccc1. The van der Waals surface area contributed by atoms with Gasteiger partial charge in [0.1, 0.15) is 5.75 Å². The van der Waals surface area contributed by atoms with Crippen molar-refractivity contribution >= 4 is 27.0 Å². The van der Waals surface area contributed by atoms with Gasteiger partial charge in [0, 0.05) is 24.7 Å². The molecule has 0 radical (unpaired) electrons. The van der Waals surface area contributed by atoms with Crippen molar-refractivity contribution in [3.05, 3.63) is 70.4 Å². The van der Waals surface area contributed by atoms with Crippen LogP contribution in [0.5, 0.6) is 5.75 Å². The molecule has 3 atom stereocenters. The Morgan fingerprint density at radius 2 is 1.94 bits per heavy atom. The van der Waals surface area contributed by atoms with E-state index in [0.29, 0.717) is 17.1 Å². The number of piperidine rings is 1. The molecule has 3 N–H and O–H groups in total. The standard InChI is InChI=1S/C25H32N4O3S2/c1-16-25(33-17(2)28-16)34(30,31)29(3)19-12-13-22(32-4)21(15-19)23(26)20-11-8-14-27-24(20)18-9-6-5-7-10-18/h5-7,9-10,12-13,15,20,23-24,27H,8,11,14,26H2,1-4H3/t20-,23?,24+/m0/s1. The zero-order valence-corrected chi connectivity index (χ0v) is 21.6. The summed E-state index contributed by atoms with van der Waals surface area (Å²) < 4.78 is 33.9. The van der Waals surface area contributed by atoms with Gasteiger partial charge < -0.3 is 15.8 Å². The lowest BCUT2D eigenvalue weighted by atomic mass is 9.79. The molecule has 2 aromatic carbocycles. The molecular weight excluding hydrogens is 468 g/mol. The summed E-state index contributed by atoms with van der Waals surface area (Å²) in [4.78, 5) is 4.29. The molecule has 4 rings (SSSR count). The number of rotatable bonds is 7. The van der Waals surface area contributed by atoms with Crippen molar-refractivity contribution in [2.24, 2.45) is 11.7 Å². The van der Waals surface area contributed by atoms with Crippen LogP contribution >= 0.6 is 11.3 Å². The third kappa shape index (κ3) is 4.70. The van der Waals surface area contributed by atoms with Crippen molar-refractivity contribution in [3.8, 4) is 5.75 Å². The number of anilines is 1. The summed E-state index contributed by atoms with van der Waals surface area (Å²) >= 11 is 1.18. The van der Waals surface area contributed by atoms with Gasteiger partial charge in [-0.2, -0.15) is 0 Å². The number of hydrogen-bond donors (Lipinski definition) is 2. The second-order valence-corrected chi connectivity index (χ2v) is 12.0. The van der Waals surface area contributed by atoms with Gasteiger partial charge in [0.15, 0.2) is 4.21 Å². The zero-order chi connectivity index (χ0) is 24.5. The minimum Gasteiger partial charge on any atom is -0.496 e. The largest absolute Gasteiger partial charge is 0.496 e. The van der Waals surface area contributed by atoms with E-state index >= 15 is 0 Å². The Bertz CT molecular complexity index is 1240. The van der Waals surface area contributed by atoms with Gasteiger partial charge >= 0.3 is 0 Å². The molecule has 1 aromatic heterocycles. The third-order valence-corrected chi connectivity index (χ3v) is 9.96. The Hall–Kier alpha value is -2.46. The fourth-order valence-electron chi connectivity index (χ4n) is 4.75. The molecule has 0 aliphatic carbocycles. The van der Waals surface area contributed by atoms with Gasteiger partial charge in [0.25, 0.3) is 10.0 Å². The first kappa shape index (κ1) is 24.7. The van der Waals surface area contributed by atoms with Gasteiger partial charge in [-0.1, -0.05) is 30.3 Å². The molecule has 1 aliphatic rings. The van der Waals surface area contributed by atoms with E-state index in [-0.39, 0.29) is 22.2 Å². The van der Waals surface area contributed by atoms with E-state index in [1.165, 1.54) is 21.2 Å². The Balaban J connectivity index is 1.70. The van der Waals surface area contributed by atoms with E-state index in [9.17, 15) is 8.42 Å². The molecule has 34 heavy (non-hydrogen) atoms. The first-order valence-electron chi connectivity index (χ1n) is 11.4. The van der Waals surface area contributed by atoms with Gasteiger partial charge in [-0.25, -0.2) is 13.4 Å². The molecule has 182 valence electrons. The fourth-order valence-corrected chi connectivity index (χ4v) is 7.57. The number of thiazole rings is 1. The van der Waals surface area contributed by atoms with Crippen LogP contribution < -0.4 is 20.1 Å². The minimum absolute atomic E-state index is 0.114. The van der Waals surface area contributed by atoms with Gasteiger partial charge in [-0.15, -0.1) is 11.3 Å². The molecule has 0 bridgehead atoms. The lowest BCUT2D eigenvalue weighted by Gasteiger charge is -2.37. The first-order valence-corrected chi connectivity index (χ1v) is 13.6. The van der Waals surface area contributed by atoms with Gasteiger partial charge in [0.05, 0.1) is 23.5 Å². The number of ether oxygens (including phenoxy) is 1. The smallest absolute Gasteiger partial charge is 0.275 e. The highest BCUT2D eigenvalue weighted by molar-refractivity contribution is 7.94. The molecule has 1 unspecified atom stereocenters. The van der Waals surface area contributed by atoms with Crippen molar-refractivity contribution in [1.29, 1.82) is 0 Å². The number of nitrogens with two attached hydrogens (primary N) is 1. The second kappa shape index (κ2) is 10.0. The van der Waals surface area contributed by atoms with Crippen molar-refractivity contribution < 1.29 is 13.2 Å². The van der Waals surface area contributed by atoms with Crippen LogP contribution in [-0.2, 0) is 10.0 Å². The third-order valence-electron chi connectivity index (χ3n) is 6.52. The van der Waals surface area contributed by atoms with E-state index < -0.39 is 10.0 Å². The molecule has 1 fully saturated rings. The summed E-state index contributed by atoms with van der Waals surface area (Å²) in [6, 6.07) is 15.5. The van der Waals surface area contributed by atoms with Gasteiger partial charge in [0.2, 0.25) is 0 Å². The molecule has 9 heteroatoms. The van der Waals surface area contributed by atoms with Crippen LogP contribution in [0, 0.1) is 19.8 Å². The number of nitrogens with zero attached hydrogens (tertiary/aromatic N) is 2. The summed E-state index contributed by atoms with van der Waals surface area (Å²) in [7, 11) is -0.568. The number of methoxy groups -OCH3 is 1. The number of benzene rings is 2. The van der Waals surface area contributed by atoms with E-state index in [1.54, 1.807) is 33.2 Å².